The van der Waals surface area contributed by atoms with Gasteiger partial charge in [0.25, 0.3) is 0 Å². The highest BCUT2D eigenvalue weighted by Gasteiger charge is 2.11. The number of hydrogen-bond donors (Lipinski definition) is 4. The van der Waals surface area contributed by atoms with E-state index in [9.17, 15) is 4.79 Å². The number of nitrogens with one attached hydrogen (secondary N) is 2. The number of tetrazole rings is 1. The smallest absolute Gasteiger partial charge is 0.316 e. The first-order valence-corrected chi connectivity index (χ1v) is 6.44. The number of carbonyl (C=O) groups excluding carboxylic acids is 1. The molecule has 0 radical (unpaired) electrons. The Morgan fingerprint density at radius 2 is 1.91 bits per heavy atom. The summed E-state index contributed by atoms with van der Waals surface area (Å²) in [5.74, 6) is 0.553. The van der Waals surface area contributed by atoms with E-state index >= 15 is 0 Å². The minimum absolute atomic E-state index is 0.432. The van der Waals surface area contributed by atoms with E-state index in [0.717, 1.165) is 16.7 Å². The van der Waals surface area contributed by atoms with E-state index in [-0.39, 0.29) is 0 Å². The summed E-state index contributed by atoms with van der Waals surface area (Å²) >= 11 is 0. The summed E-state index contributed by atoms with van der Waals surface area (Å²) in [6, 6.07) is 12.3. The van der Waals surface area contributed by atoms with Gasteiger partial charge in [0.15, 0.2) is 5.82 Å². The second kappa shape index (κ2) is 5.52. The van der Waals surface area contributed by atoms with E-state index in [0.29, 0.717) is 17.2 Å². The monoisotopic (exact) mass is 295 g/mol. The lowest BCUT2D eigenvalue weighted by Gasteiger charge is -2.11. The molecule has 0 unspecified atom stereocenters. The van der Waals surface area contributed by atoms with Gasteiger partial charge in [-0.3, -0.25) is 0 Å². The molecular formula is C14H13N7O. The minimum atomic E-state index is -0.670. The normalized spacial score (nSPS) is 10.4. The molecule has 0 fully saturated rings. The molecule has 0 atom stereocenters. The Balaban J connectivity index is 2.11. The van der Waals surface area contributed by atoms with E-state index in [1.165, 1.54) is 0 Å². The number of nitrogens with zero attached hydrogens (tertiary/aromatic N) is 3. The molecule has 22 heavy (non-hydrogen) atoms. The number of aromatic amines is 1. The van der Waals surface area contributed by atoms with Crippen molar-refractivity contribution in [2.75, 3.05) is 11.1 Å². The third-order valence-electron chi connectivity index (χ3n) is 3.15. The van der Waals surface area contributed by atoms with Crippen molar-refractivity contribution in [2.24, 2.45) is 5.73 Å². The molecule has 3 aromatic rings. The maximum Gasteiger partial charge on any atom is 0.316 e. The predicted octanol–water partition coefficient (Wildman–Crippen LogP) is 1.61. The molecule has 8 heteroatoms. The van der Waals surface area contributed by atoms with E-state index in [1.807, 2.05) is 30.3 Å². The zero-order chi connectivity index (χ0) is 15.5. The van der Waals surface area contributed by atoms with Gasteiger partial charge in [-0.05, 0) is 33.7 Å². The molecular weight excluding hydrogens is 282 g/mol. The number of carbonyl (C=O) groups is 1. The molecule has 1 heterocycles. The van der Waals surface area contributed by atoms with Crippen LogP contribution in [-0.2, 0) is 0 Å². The van der Waals surface area contributed by atoms with Gasteiger partial charge in [0, 0.05) is 5.56 Å². The van der Waals surface area contributed by atoms with Gasteiger partial charge in [0.1, 0.15) is 0 Å². The first-order valence-electron chi connectivity index (χ1n) is 6.44. The molecule has 1 aromatic heterocycles. The summed E-state index contributed by atoms with van der Waals surface area (Å²) in [7, 11) is 0. The Kier molecular flexibility index (Phi) is 3.40. The number of aromatic nitrogens is 4. The highest BCUT2D eigenvalue weighted by molar-refractivity contribution is 5.93. The van der Waals surface area contributed by atoms with Gasteiger partial charge in [0.2, 0.25) is 0 Å². The van der Waals surface area contributed by atoms with Crippen molar-refractivity contribution in [3.05, 3.63) is 42.5 Å². The number of rotatable bonds is 3. The number of anilines is 2. The number of benzene rings is 2. The lowest BCUT2D eigenvalue weighted by atomic mass is 9.98. The Bertz CT molecular complexity index is 814. The maximum absolute atomic E-state index is 11.0. The molecule has 110 valence electrons. The van der Waals surface area contributed by atoms with Crippen molar-refractivity contribution in [1.29, 1.82) is 0 Å². The van der Waals surface area contributed by atoms with Crippen LogP contribution in [0.15, 0.2) is 42.5 Å². The molecule has 3 rings (SSSR count). The van der Waals surface area contributed by atoms with Gasteiger partial charge in [-0.1, -0.05) is 30.3 Å². The standard InChI is InChI=1S/C14H13N7O/c15-11-6-5-8(7-12(11)17-14(16)22)9-3-1-2-4-10(9)13-18-20-21-19-13/h1-7H,15H2,(H3,16,17,22)(H,18,19,20,21). The third-order valence-corrected chi connectivity index (χ3v) is 3.15. The fourth-order valence-electron chi connectivity index (χ4n) is 2.18. The van der Waals surface area contributed by atoms with E-state index in [4.69, 9.17) is 11.5 Å². The lowest BCUT2D eigenvalue weighted by Crippen LogP contribution is -2.20. The van der Waals surface area contributed by atoms with Gasteiger partial charge in [-0.25, -0.2) is 9.89 Å². The molecule has 0 aliphatic carbocycles. The molecule has 0 aliphatic rings. The third kappa shape index (κ3) is 2.57. The van der Waals surface area contributed by atoms with Crippen LogP contribution in [-0.4, -0.2) is 26.7 Å². The van der Waals surface area contributed by atoms with Crippen LogP contribution in [0.4, 0.5) is 16.2 Å². The van der Waals surface area contributed by atoms with Gasteiger partial charge >= 0.3 is 6.03 Å². The average molecular weight is 295 g/mol. The summed E-state index contributed by atoms with van der Waals surface area (Å²) in [6.07, 6.45) is 0. The molecule has 0 bridgehead atoms. The molecule has 0 spiro atoms. The SMILES string of the molecule is NC(=O)Nc1cc(-c2ccccc2-c2nnn[nH]2)ccc1N. The Morgan fingerprint density at radius 3 is 2.59 bits per heavy atom. The number of amides is 2. The first-order chi connectivity index (χ1) is 10.6. The topological polar surface area (TPSA) is 136 Å². The van der Waals surface area contributed by atoms with E-state index in [2.05, 4.69) is 25.9 Å². The number of H-pyrrole nitrogens is 1. The van der Waals surface area contributed by atoms with Crippen LogP contribution < -0.4 is 16.8 Å². The number of nitrogen functional groups attached to an aromatic ring is 1. The molecule has 8 nitrogen and oxygen atoms in total. The van der Waals surface area contributed by atoms with Gasteiger partial charge in [-0.2, -0.15) is 0 Å². The second-order valence-electron chi connectivity index (χ2n) is 4.59. The number of nitrogens with two attached hydrogens (primary N) is 2. The van der Waals surface area contributed by atoms with Gasteiger partial charge in [-0.15, -0.1) is 5.10 Å². The molecule has 2 aromatic carbocycles. The van der Waals surface area contributed by atoms with Crippen molar-refractivity contribution in [1.82, 2.24) is 20.6 Å². The van der Waals surface area contributed by atoms with Crippen LogP contribution in [0.1, 0.15) is 0 Å². The molecule has 0 saturated carbocycles. The van der Waals surface area contributed by atoms with Crippen LogP contribution in [0.25, 0.3) is 22.5 Å². The zero-order valence-electron chi connectivity index (χ0n) is 11.4. The van der Waals surface area contributed by atoms with Crippen molar-refractivity contribution in [2.45, 2.75) is 0 Å². The van der Waals surface area contributed by atoms with Crippen LogP contribution in [0, 0.1) is 0 Å². The molecule has 2 amide bonds. The summed E-state index contributed by atoms with van der Waals surface area (Å²) in [6.45, 7) is 0. The Hall–Kier alpha value is -3.42. The van der Waals surface area contributed by atoms with Gasteiger partial charge in [0.05, 0.1) is 11.4 Å². The average Bonchev–Trinajstić information content (AvgIpc) is 3.03. The first kappa shape index (κ1) is 13.6. The summed E-state index contributed by atoms with van der Waals surface area (Å²) < 4.78 is 0. The van der Waals surface area contributed by atoms with Crippen molar-refractivity contribution >= 4 is 17.4 Å². The van der Waals surface area contributed by atoms with E-state index < -0.39 is 6.03 Å². The van der Waals surface area contributed by atoms with Crippen molar-refractivity contribution < 1.29 is 4.79 Å². The number of hydrogen-bond acceptors (Lipinski definition) is 5. The number of primary amides is 1. The van der Waals surface area contributed by atoms with Crippen LogP contribution in [0.2, 0.25) is 0 Å². The predicted molar refractivity (Wildman–Crippen MR) is 82.7 cm³/mol. The fourth-order valence-corrected chi connectivity index (χ4v) is 2.18. The second-order valence-corrected chi connectivity index (χ2v) is 4.59. The maximum atomic E-state index is 11.0. The quantitative estimate of drug-likeness (QED) is 0.544. The molecule has 0 saturated heterocycles. The number of urea groups is 1. The summed E-state index contributed by atoms with van der Waals surface area (Å²) in [5.41, 5.74) is 14.5. The van der Waals surface area contributed by atoms with E-state index in [1.54, 1.807) is 12.1 Å². The summed E-state index contributed by atoms with van der Waals surface area (Å²) in [4.78, 5) is 11.0. The van der Waals surface area contributed by atoms with Crippen molar-refractivity contribution in [3.63, 3.8) is 0 Å². The van der Waals surface area contributed by atoms with Crippen LogP contribution >= 0.6 is 0 Å². The zero-order valence-corrected chi connectivity index (χ0v) is 11.4. The molecule has 0 aliphatic heterocycles. The largest absolute Gasteiger partial charge is 0.397 e. The highest BCUT2D eigenvalue weighted by atomic mass is 16.2. The van der Waals surface area contributed by atoms with Crippen molar-refractivity contribution in [3.8, 4) is 22.5 Å². The Labute approximate surface area is 125 Å². The fraction of sp³-hybridized carbons (Fsp3) is 0. The highest BCUT2D eigenvalue weighted by Crippen LogP contribution is 2.33. The molecule has 6 N–H and O–H groups in total. The lowest BCUT2D eigenvalue weighted by molar-refractivity contribution is 0.259. The minimum Gasteiger partial charge on any atom is -0.397 e. The van der Waals surface area contributed by atoms with Crippen LogP contribution in [0.5, 0.6) is 0 Å². The summed E-state index contributed by atoms with van der Waals surface area (Å²) in [5, 5.41) is 16.3. The van der Waals surface area contributed by atoms with Gasteiger partial charge < -0.3 is 16.8 Å². The Morgan fingerprint density at radius 1 is 1.14 bits per heavy atom. The van der Waals surface area contributed by atoms with Crippen LogP contribution in [0.3, 0.4) is 0 Å².